The summed E-state index contributed by atoms with van der Waals surface area (Å²) in [5.74, 6) is -0.667. The second-order valence-electron chi connectivity index (χ2n) is 6.49. The third-order valence-corrected chi connectivity index (χ3v) is 4.46. The number of H-pyrrole nitrogens is 1. The lowest BCUT2D eigenvalue weighted by molar-refractivity contribution is -0.0247. The number of para-hydroxylation sites is 1. The van der Waals surface area contributed by atoms with Crippen molar-refractivity contribution in [3.8, 4) is 11.5 Å². The minimum atomic E-state index is -1.37. The van der Waals surface area contributed by atoms with Gasteiger partial charge in [-0.15, -0.1) is 0 Å². The van der Waals surface area contributed by atoms with Crippen LogP contribution in [-0.4, -0.2) is 32.7 Å². The molecule has 6 heteroatoms. The van der Waals surface area contributed by atoms with Crippen LogP contribution in [0.2, 0.25) is 0 Å². The second kappa shape index (κ2) is 4.58. The maximum Gasteiger partial charge on any atom is 0.201 e. The zero-order chi connectivity index (χ0) is 17.2. The van der Waals surface area contributed by atoms with Gasteiger partial charge in [0.25, 0.3) is 0 Å². The van der Waals surface area contributed by atoms with E-state index in [0.717, 1.165) is 0 Å². The fraction of sp³-hybridized carbons (Fsp3) is 0.222. The zero-order valence-corrected chi connectivity index (χ0v) is 13.1. The quantitative estimate of drug-likeness (QED) is 0.550. The zero-order valence-electron chi connectivity index (χ0n) is 13.1. The molecule has 24 heavy (non-hydrogen) atoms. The second-order valence-corrected chi connectivity index (χ2v) is 6.49. The van der Waals surface area contributed by atoms with Crippen LogP contribution in [-0.2, 0) is 0 Å². The Labute approximate surface area is 136 Å². The summed E-state index contributed by atoms with van der Waals surface area (Å²) in [5, 5.41) is 21.0. The Hall–Kier alpha value is -2.86. The van der Waals surface area contributed by atoms with Crippen LogP contribution < -0.4 is 10.2 Å². The number of nitrogens with one attached hydrogen (secondary N) is 1. The molecule has 0 radical (unpaired) electrons. The van der Waals surface area contributed by atoms with Crippen molar-refractivity contribution >= 4 is 27.6 Å². The van der Waals surface area contributed by atoms with Crippen molar-refractivity contribution in [1.29, 1.82) is 0 Å². The van der Waals surface area contributed by atoms with Crippen LogP contribution in [0, 0.1) is 0 Å². The lowest BCUT2D eigenvalue weighted by atomic mass is 9.88. The summed E-state index contributed by atoms with van der Waals surface area (Å²) < 4.78 is 5.69. The van der Waals surface area contributed by atoms with E-state index in [1.807, 2.05) is 0 Å². The third kappa shape index (κ3) is 1.80. The number of pyridine rings is 1. The van der Waals surface area contributed by atoms with Gasteiger partial charge in [0, 0.05) is 17.0 Å². The average Bonchev–Trinajstić information content (AvgIpc) is 2.52. The smallest absolute Gasteiger partial charge is 0.201 e. The molecular weight excluding hydrogens is 310 g/mol. The summed E-state index contributed by atoms with van der Waals surface area (Å²) in [7, 11) is 0. The van der Waals surface area contributed by atoms with Gasteiger partial charge >= 0.3 is 0 Å². The standard InChI is InChI=1S/C18H15NO5/c1-18(2)17(23)16(22)13-11(24-18)7-10(20)12-14(13)19-9-6-4-3-5-8(9)15(12)21/h3-7,17,20,23H,1-2H3,(H,19,21). The lowest BCUT2D eigenvalue weighted by Crippen LogP contribution is -2.50. The average molecular weight is 325 g/mol. The van der Waals surface area contributed by atoms with E-state index < -0.39 is 17.5 Å². The maximum absolute atomic E-state index is 12.7. The van der Waals surface area contributed by atoms with Crippen LogP contribution >= 0.6 is 0 Å². The predicted octanol–water partition coefficient (Wildman–Crippen LogP) is 2.10. The number of ether oxygens (including phenoxy) is 1. The highest BCUT2D eigenvalue weighted by molar-refractivity contribution is 6.14. The van der Waals surface area contributed by atoms with Gasteiger partial charge in [-0.25, -0.2) is 0 Å². The minimum Gasteiger partial charge on any atom is -0.507 e. The summed E-state index contributed by atoms with van der Waals surface area (Å²) >= 11 is 0. The van der Waals surface area contributed by atoms with Crippen molar-refractivity contribution < 1.29 is 19.7 Å². The molecule has 1 atom stereocenters. The number of aromatic nitrogens is 1. The number of aliphatic hydroxyl groups is 1. The summed E-state index contributed by atoms with van der Waals surface area (Å²) in [5.41, 5.74) is -0.714. The van der Waals surface area contributed by atoms with E-state index in [0.29, 0.717) is 10.9 Å². The molecule has 1 aliphatic rings. The number of benzene rings is 2. The number of ketones is 1. The first-order valence-corrected chi connectivity index (χ1v) is 7.53. The molecule has 0 amide bonds. The number of phenolic OH excluding ortho intramolecular Hbond substituents is 1. The van der Waals surface area contributed by atoms with Crippen molar-refractivity contribution in [2.45, 2.75) is 25.6 Å². The minimum absolute atomic E-state index is 0.0105. The fourth-order valence-corrected chi connectivity index (χ4v) is 3.18. The monoisotopic (exact) mass is 325 g/mol. The number of aromatic amines is 1. The number of carbonyl (C=O) groups is 1. The highest BCUT2D eigenvalue weighted by Crippen LogP contribution is 2.40. The molecule has 3 N–H and O–H groups in total. The number of rotatable bonds is 0. The van der Waals surface area contributed by atoms with Crippen LogP contribution in [0.15, 0.2) is 35.1 Å². The first-order chi connectivity index (χ1) is 11.3. The van der Waals surface area contributed by atoms with E-state index in [4.69, 9.17) is 4.74 Å². The largest absolute Gasteiger partial charge is 0.507 e. The lowest BCUT2D eigenvalue weighted by Gasteiger charge is -2.36. The van der Waals surface area contributed by atoms with Crippen molar-refractivity contribution in [2.24, 2.45) is 0 Å². The molecule has 0 saturated heterocycles. The molecule has 0 fully saturated rings. The van der Waals surface area contributed by atoms with Crippen LogP contribution in [0.3, 0.4) is 0 Å². The Morgan fingerprint density at radius 1 is 1.21 bits per heavy atom. The Morgan fingerprint density at radius 2 is 1.92 bits per heavy atom. The Kier molecular flexibility index (Phi) is 2.81. The highest BCUT2D eigenvalue weighted by Gasteiger charge is 2.43. The van der Waals surface area contributed by atoms with Crippen molar-refractivity contribution in [1.82, 2.24) is 4.98 Å². The number of hydrogen-bond donors (Lipinski definition) is 3. The van der Waals surface area contributed by atoms with Gasteiger partial charge < -0.3 is 19.9 Å². The molecule has 2 aromatic carbocycles. The number of carbonyl (C=O) groups excluding carboxylic acids is 1. The molecule has 6 nitrogen and oxygen atoms in total. The summed E-state index contributed by atoms with van der Waals surface area (Å²) in [6.45, 7) is 3.17. The SMILES string of the molecule is CC1(C)Oc2cc(O)c3c(=O)c4ccccc4[nH]c3c2C(=O)C1O. The highest BCUT2D eigenvalue weighted by atomic mass is 16.5. The number of aliphatic hydroxyl groups excluding tert-OH is 1. The number of aromatic hydroxyl groups is 1. The van der Waals surface area contributed by atoms with Crippen LogP contribution in [0.1, 0.15) is 24.2 Å². The molecular formula is C18H15NO5. The van der Waals surface area contributed by atoms with E-state index >= 15 is 0 Å². The van der Waals surface area contributed by atoms with Crippen molar-refractivity contribution in [3.63, 3.8) is 0 Å². The van der Waals surface area contributed by atoms with Crippen LogP contribution in [0.5, 0.6) is 11.5 Å². The van der Waals surface area contributed by atoms with E-state index in [1.54, 1.807) is 38.1 Å². The van der Waals surface area contributed by atoms with Crippen molar-refractivity contribution in [3.05, 3.63) is 46.1 Å². The van der Waals surface area contributed by atoms with E-state index in [9.17, 15) is 19.8 Å². The first kappa shape index (κ1) is 14.7. The topological polar surface area (TPSA) is 99.6 Å². The normalized spacial score (nSPS) is 19.3. The first-order valence-electron chi connectivity index (χ1n) is 7.53. The Morgan fingerprint density at radius 3 is 2.67 bits per heavy atom. The van der Waals surface area contributed by atoms with Gasteiger partial charge in [0.15, 0.2) is 6.10 Å². The van der Waals surface area contributed by atoms with Gasteiger partial charge in [-0.2, -0.15) is 0 Å². The molecule has 1 unspecified atom stereocenters. The molecule has 0 saturated carbocycles. The maximum atomic E-state index is 12.7. The fourth-order valence-electron chi connectivity index (χ4n) is 3.18. The van der Waals surface area contributed by atoms with Crippen LogP contribution in [0.4, 0.5) is 0 Å². The van der Waals surface area contributed by atoms with Gasteiger partial charge in [0.2, 0.25) is 11.2 Å². The summed E-state index contributed by atoms with van der Waals surface area (Å²) in [4.78, 5) is 28.4. The number of fused-ring (bicyclic) bond motifs is 4. The van der Waals surface area contributed by atoms with Gasteiger partial charge in [-0.05, 0) is 26.0 Å². The van der Waals surface area contributed by atoms with Crippen LogP contribution in [0.25, 0.3) is 21.8 Å². The molecule has 1 aromatic heterocycles. The summed E-state index contributed by atoms with van der Waals surface area (Å²) in [6, 6.07) is 8.09. The van der Waals surface area contributed by atoms with E-state index in [2.05, 4.69) is 4.98 Å². The van der Waals surface area contributed by atoms with E-state index in [-0.39, 0.29) is 33.4 Å². The molecule has 0 bridgehead atoms. The molecule has 4 rings (SSSR count). The van der Waals surface area contributed by atoms with Gasteiger partial charge in [0.1, 0.15) is 17.1 Å². The molecule has 0 spiro atoms. The third-order valence-electron chi connectivity index (χ3n) is 4.46. The van der Waals surface area contributed by atoms with E-state index in [1.165, 1.54) is 6.07 Å². The number of phenols is 1. The Balaban J connectivity index is 2.20. The molecule has 1 aliphatic heterocycles. The molecule has 0 aliphatic carbocycles. The van der Waals surface area contributed by atoms with Gasteiger partial charge in [-0.1, -0.05) is 12.1 Å². The summed E-state index contributed by atoms with van der Waals surface area (Å²) in [6.07, 6.45) is -1.37. The predicted molar refractivity (Wildman–Crippen MR) is 88.8 cm³/mol. The molecule has 3 aromatic rings. The van der Waals surface area contributed by atoms with Crippen molar-refractivity contribution in [2.75, 3.05) is 0 Å². The molecule has 122 valence electrons. The number of hydrogen-bond acceptors (Lipinski definition) is 5. The van der Waals surface area contributed by atoms with Gasteiger partial charge in [-0.3, -0.25) is 9.59 Å². The Bertz CT molecular complexity index is 1080. The number of Topliss-reactive ketones (excluding diaryl/α,β-unsaturated/α-hetero) is 1. The van der Waals surface area contributed by atoms with Gasteiger partial charge in [0.05, 0.1) is 16.5 Å². The molecule has 2 heterocycles.